The number of carbonyl (C=O) groups excluding carboxylic acids is 1. The zero-order chi connectivity index (χ0) is 18.1. The summed E-state index contributed by atoms with van der Waals surface area (Å²) in [6.07, 6.45) is 0. The SMILES string of the molecule is CCN(CC)c1ccc(CNC(=O)CSCc2ccccc2Cl)cc1. The molecule has 2 aromatic carbocycles. The molecule has 2 aromatic rings. The summed E-state index contributed by atoms with van der Waals surface area (Å²) in [5.41, 5.74) is 3.39. The van der Waals surface area contributed by atoms with Crippen LogP contribution in [0.5, 0.6) is 0 Å². The minimum Gasteiger partial charge on any atom is -0.372 e. The Hall–Kier alpha value is -1.65. The van der Waals surface area contributed by atoms with E-state index in [1.165, 1.54) is 5.69 Å². The van der Waals surface area contributed by atoms with Crippen LogP contribution < -0.4 is 10.2 Å². The third kappa shape index (κ3) is 6.29. The van der Waals surface area contributed by atoms with E-state index >= 15 is 0 Å². The molecule has 0 saturated heterocycles. The van der Waals surface area contributed by atoms with Crippen molar-refractivity contribution in [3.05, 3.63) is 64.7 Å². The van der Waals surface area contributed by atoms with Crippen LogP contribution in [-0.4, -0.2) is 24.7 Å². The Labute approximate surface area is 159 Å². The van der Waals surface area contributed by atoms with E-state index in [1.807, 2.05) is 24.3 Å². The fourth-order valence-electron chi connectivity index (χ4n) is 2.53. The highest BCUT2D eigenvalue weighted by Gasteiger charge is 2.05. The van der Waals surface area contributed by atoms with Crippen molar-refractivity contribution in [3.63, 3.8) is 0 Å². The summed E-state index contributed by atoms with van der Waals surface area (Å²) in [6.45, 7) is 6.85. The third-order valence-corrected chi connectivity index (χ3v) is 5.35. The van der Waals surface area contributed by atoms with Gasteiger partial charge < -0.3 is 10.2 Å². The van der Waals surface area contributed by atoms with Crippen LogP contribution in [0.1, 0.15) is 25.0 Å². The Morgan fingerprint density at radius 3 is 2.40 bits per heavy atom. The summed E-state index contributed by atoms with van der Waals surface area (Å²) < 4.78 is 0. The summed E-state index contributed by atoms with van der Waals surface area (Å²) in [6, 6.07) is 16.1. The number of hydrogen-bond acceptors (Lipinski definition) is 3. The summed E-state index contributed by atoms with van der Waals surface area (Å²) in [7, 11) is 0. The molecule has 0 radical (unpaired) electrons. The summed E-state index contributed by atoms with van der Waals surface area (Å²) in [5.74, 6) is 1.22. The number of halogens is 1. The molecule has 5 heteroatoms. The fourth-order valence-corrected chi connectivity index (χ4v) is 3.68. The van der Waals surface area contributed by atoms with Gasteiger partial charge in [0.25, 0.3) is 0 Å². The van der Waals surface area contributed by atoms with Gasteiger partial charge in [-0.3, -0.25) is 4.79 Å². The molecule has 0 spiro atoms. The number of hydrogen-bond donors (Lipinski definition) is 1. The molecule has 2 rings (SSSR count). The molecule has 0 heterocycles. The monoisotopic (exact) mass is 376 g/mol. The number of nitrogens with one attached hydrogen (secondary N) is 1. The Morgan fingerprint density at radius 1 is 1.08 bits per heavy atom. The molecule has 134 valence electrons. The van der Waals surface area contributed by atoms with Crippen LogP contribution in [0.25, 0.3) is 0 Å². The van der Waals surface area contributed by atoms with Gasteiger partial charge in [0.05, 0.1) is 5.75 Å². The van der Waals surface area contributed by atoms with E-state index in [0.717, 1.165) is 35.0 Å². The fraction of sp³-hybridized carbons (Fsp3) is 0.350. The Kier molecular flexibility index (Phi) is 8.16. The Bertz CT molecular complexity index is 672. The van der Waals surface area contributed by atoms with Gasteiger partial charge in [0.2, 0.25) is 5.91 Å². The summed E-state index contributed by atoms with van der Waals surface area (Å²) >= 11 is 7.69. The third-order valence-electron chi connectivity index (χ3n) is 4.00. The van der Waals surface area contributed by atoms with Crippen LogP contribution in [0.4, 0.5) is 5.69 Å². The van der Waals surface area contributed by atoms with E-state index < -0.39 is 0 Å². The quantitative estimate of drug-likeness (QED) is 0.686. The lowest BCUT2D eigenvalue weighted by atomic mass is 10.2. The second-order valence-corrected chi connectivity index (χ2v) is 7.09. The van der Waals surface area contributed by atoms with Gasteiger partial charge in [-0.25, -0.2) is 0 Å². The molecule has 0 aliphatic rings. The molecule has 0 bridgehead atoms. The lowest BCUT2D eigenvalue weighted by molar-refractivity contribution is -0.118. The second-order valence-electron chi connectivity index (χ2n) is 5.70. The van der Waals surface area contributed by atoms with Gasteiger partial charge in [-0.2, -0.15) is 0 Å². The number of anilines is 1. The highest BCUT2D eigenvalue weighted by Crippen LogP contribution is 2.20. The minimum absolute atomic E-state index is 0.0462. The Morgan fingerprint density at radius 2 is 1.76 bits per heavy atom. The van der Waals surface area contributed by atoms with Crippen LogP contribution in [0, 0.1) is 0 Å². The largest absolute Gasteiger partial charge is 0.372 e. The molecule has 0 atom stereocenters. The average Bonchev–Trinajstić information content (AvgIpc) is 2.63. The molecule has 0 fully saturated rings. The van der Waals surface area contributed by atoms with E-state index in [4.69, 9.17) is 11.6 Å². The van der Waals surface area contributed by atoms with Gasteiger partial charge in [-0.1, -0.05) is 41.9 Å². The standard InChI is InChI=1S/C20H25ClN2OS/c1-3-23(4-2)18-11-9-16(10-12-18)13-22-20(24)15-25-14-17-7-5-6-8-19(17)21/h5-12H,3-4,13-15H2,1-2H3,(H,22,24). The topological polar surface area (TPSA) is 32.3 Å². The molecule has 1 N–H and O–H groups in total. The molecule has 0 unspecified atom stereocenters. The molecular weight excluding hydrogens is 352 g/mol. The number of benzene rings is 2. The van der Waals surface area contributed by atoms with E-state index in [-0.39, 0.29) is 5.91 Å². The highest BCUT2D eigenvalue weighted by atomic mass is 35.5. The maximum atomic E-state index is 12.0. The molecular formula is C20H25ClN2OS. The van der Waals surface area contributed by atoms with Crippen molar-refractivity contribution in [1.82, 2.24) is 5.32 Å². The van der Waals surface area contributed by atoms with Crippen LogP contribution in [0.15, 0.2) is 48.5 Å². The highest BCUT2D eigenvalue weighted by molar-refractivity contribution is 7.99. The number of rotatable bonds is 9. The Balaban J connectivity index is 1.73. The van der Waals surface area contributed by atoms with E-state index in [2.05, 4.69) is 48.3 Å². The van der Waals surface area contributed by atoms with Gasteiger partial charge in [0, 0.05) is 36.1 Å². The van der Waals surface area contributed by atoms with Gasteiger partial charge in [-0.15, -0.1) is 11.8 Å². The van der Waals surface area contributed by atoms with Gasteiger partial charge in [0.15, 0.2) is 0 Å². The lowest BCUT2D eigenvalue weighted by Crippen LogP contribution is -2.25. The summed E-state index contributed by atoms with van der Waals surface area (Å²) in [5, 5.41) is 3.72. The molecule has 0 aliphatic heterocycles. The molecule has 0 aromatic heterocycles. The van der Waals surface area contributed by atoms with Gasteiger partial charge >= 0.3 is 0 Å². The predicted octanol–water partition coefficient (Wildman–Crippen LogP) is 4.74. The van der Waals surface area contributed by atoms with Crippen molar-refractivity contribution in [3.8, 4) is 0 Å². The smallest absolute Gasteiger partial charge is 0.230 e. The number of carbonyl (C=O) groups is 1. The molecule has 3 nitrogen and oxygen atoms in total. The van der Waals surface area contributed by atoms with Crippen molar-refractivity contribution in [2.45, 2.75) is 26.1 Å². The number of thioether (sulfide) groups is 1. The van der Waals surface area contributed by atoms with Crippen LogP contribution >= 0.6 is 23.4 Å². The maximum absolute atomic E-state index is 12.0. The van der Waals surface area contributed by atoms with E-state index in [1.54, 1.807) is 11.8 Å². The number of nitrogens with zero attached hydrogens (tertiary/aromatic N) is 1. The first-order chi connectivity index (χ1) is 12.1. The minimum atomic E-state index is 0.0462. The van der Waals surface area contributed by atoms with Gasteiger partial charge in [0.1, 0.15) is 0 Å². The first-order valence-electron chi connectivity index (χ1n) is 8.55. The average molecular weight is 377 g/mol. The van der Waals surface area contributed by atoms with Crippen molar-refractivity contribution >= 4 is 35.0 Å². The van der Waals surface area contributed by atoms with Crippen molar-refractivity contribution in [1.29, 1.82) is 0 Å². The zero-order valence-corrected chi connectivity index (χ0v) is 16.4. The zero-order valence-electron chi connectivity index (χ0n) is 14.8. The van der Waals surface area contributed by atoms with Gasteiger partial charge in [-0.05, 0) is 43.2 Å². The lowest BCUT2D eigenvalue weighted by Gasteiger charge is -2.21. The van der Waals surface area contributed by atoms with Crippen molar-refractivity contribution in [2.75, 3.05) is 23.7 Å². The molecule has 0 saturated carbocycles. The first-order valence-corrected chi connectivity index (χ1v) is 10.1. The normalized spacial score (nSPS) is 10.5. The molecule has 1 amide bonds. The van der Waals surface area contributed by atoms with Crippen molar-refractivity contribution in [2.24, 2.45) is 0 Å². The second kappa shape index (κ2) is 10.4. The van der Waals surface area contributed by atoms with Crippen LogP contribution in [0.3, 0.4) is 0 Å². The first kappa shape index (κ1) is 19.7. The van der Waals surface area contributed by atoms with Crippen LogP contribution in [0.2, 0.25) is 5.02 Å². The van der Waals surface area contributed by atoms with E-state index in [9.17, 15) is 4.79 Å². The number of amides is 1. The van der Waals surface area contributed by atoms with Crippen molar-refractivity contribution < 1.29 is 4.79 Å². The van der Waals surface area contributed by atoms with Crippen LogP contribution in [-0.2, 0) is 17.1 Å². The summed E-state index contributed by atoms with van der Waals surface area (Å²) in [4.78, 5) is 14.3. The molecule has 0 aliphatic carbocycles. The predicted molar refractivity (Wildman–Crippen MR) is 109 cm³/mol. The maximum Gasteiger partial charge on any atom is 0.230 e. The molecule has 25 heavy (non-hydrogen) atoms. The van der Waals surface area contributed by atoms with E-state index in [0.29, 0.717) is 12.3 Å².